The fourth-order valence-corrected chi connectivity index (χ4v) is 11.5. The van der Waals surface area contributed by atoms with E-state index in [4.69, 9.17) is 21.7 Å². The molecule has 57 heavy (non-hydrogen) atoms. The van der Waals surface area contributed by atoms with Crippen molar-refractivity contribution in [2.24, 2.45) is 0 Å². The van der Waals surface area contributed by atoms with E-state index in [2.05, 4.69) is 10.6 Å². The average Bonchev–Trinajstić information content (AvgIpc) is 3.68. The highest BCUT2D eigenvalue weighted by Crippen LogP contribution is 2.47. The molecule has 7 rings (SSSR count). The molecule has 294 valence electrons. The molecule has 0 aliphatic carbocycles. The minimum absolute atomic E-state index is 0.0698. The van der Waals surface area contributed by atoms with Crippen LogP contribution in [0.1, 0.15) is 54.0 Å². The zero-order valence-corrected chi connectivity index (χ0v) is 35.6. The van der Waals surface area contributed by atoms with E-state index >= 15 is 0 Å². The number of rotatable bonds is 13. The number of alkyl carbamates (subject to hydrolysis) is 1. The predicted molar refractivity (Wildman–Crippen MR) is 237 cm³/mol. The van der Waals surface area contributed by atoms with Crippen LogP contribution in [0.4, 0.5) is 4.79 Å². The van der Waals surface area contributed by atoms with E-state index in [1.807, 2.05) is 123 Å². The Morgan fingerprint density at radius 1 is 0.947 bits per heavy atom. The fraction of sp³-hybridized carbons (Fsp3) is 0.279. The van der Waals surface area contributed by atoms with E-state index in [1.165, 1.54) is 46.2 Å². The minimum Gasteiger partial charge on any atom is -0.469 e. The zero-order chi connectivity index (χ0) is 40.1. The molecule has 2 aliphatic rings. The lowest BCUT2D eigenvalue weighted by Crippen LogP contribution is -2.70. The third-order valence-corrected chi connectivity index (χ3v) is 14.0. The summed E-state index contributed by atoms with van der Waals surface area (Å²) in [6.45, 7) is 5.79. The normalized spacial score (nSPS) is 16.6. The van der Waals surface area contributed by atoms with Gasteiger partial charge in [-0.1, -0.05) is 91.0 Å². The van der Waals surface area contributed by atoms with Crippen LogP contribution in [0.3, 0.4) is 0 Å². The Bertz CT molecular complexity index is 2320. The van der Waals surface area contributed by atoms with Gasteiger partial charge < -0.3 is 20.1 Å². The van der Waals surface area contributed by atoms with Crippen LogP contribution >= 0.6 is 58.4 Å². The summed E-state index contributed by atoms with van der Waals surface area (Å²) >= 11 is 12.2. The lowest BCUT2D eigenvalue weighted by atomic mass is 9.99. The maximum absolute atomic E-state index is 14.3. The highest BCUT2D eigenvalue weighted by atomic mass is 32.2. The average molecular weight is 856 g/mol. The van der Waals surface area contributed by atoms with Gasteiger partial charge in [0.1, 0.15) is 28.8 Å². The molecule has 9 nitrogen and oxygen atoms in total. The van der Waals surface area contributed by atoms with Crippen molar-refractivity contribution in [2.45, 2.75) is 56.1 Å². The first kappa shape index (κ1) is 40.7. The molecule has 1 saturated heterocycles. The van der Waals surface area contributed by atoms with Gasteiger partial charge in [-0.05, 0) is 61.1 Å². The van der Waals surface area contributed by atoms with Crippen molar-refractivity contribution in [1.29, 1.82) is 0 Å². The molecule has 3 amide bonds. The van der Waals surface area contributed by atoms with E-state index in [1.54, 1.807) is 4.90 Å². The van der Waals surface area contributed by atoms with Crippen LogP contribution in [0.15, 0.2) is 113 Å². The number of hydrogen-bond donors (Lipinski definition) is 2. The molecular formula is C43H41N3O6S5. The molecule has 2 N–H and O–H groups in total. The molecular weight excluding hydrogens is 815 g/mol. The SMILES string of the molecule is CC(C)(C)OC(=O)NCCSCc1c(C2=C(C(=S)OC(c3ccccc3)c3ccccc3)N3C(=O)C(NC(=O)Cc4ccccc4)[C@H]3SC2)sc2ccsc2c1=O. The monoisotopic (exact) mass is 855 g/mol. The van der Waals surface area contributed by atoms with Gasteiger partial charge in [-0.3, -0.25) is 19.3 Å². The summed E-state index contributed by atoms with van der Waals surface area (Å²) in [5, 5.41) is 7.37. The van der Waals surface area contributed by atoms with E-state index in [0.29, 0.717) is 39.8 Å². The van der Waals surface area contributed by atoms with E-state index in [0.717, 1.165) is 31.8 Å². The smallest absolute Gasteiger partial charge is 0.407 e. The maximum Gasteiger partial charge on any atom is 0.407 e. The Morgan fingerprint density at radius 2 is 1.60 bits per heavy atom. The molecule has 1 fully saturated rings. The molecule has 2 aromatic heterocycles. The third-order valence-electron chi connectivity index (χ3n) is 9.15. The van der Waals surface area contributed by atoms with Gasteiger partial charge in [-0.15, -0.1) is 34.4 Å². The molecule has 3 aromatic carbocycles. The number of thioether (sulfide) groups is 2. The van der Waals surface area contributed by atoms with Crippen molar-refractivity contribution in [1.82, 2.24) is 15.5 Å². The van der Waals surface area contributed by atoms with Gasteiger partial charge in [-0.2, -0.15) is 11.8 Å². The van der Waals surface area contributed by atoms with Gasteiger partial charge in [0.25, 0.3) is 5.91 Å². The summed E-state index contributed by atoms with van der Waals surface area (Å²) in [6, 6.07) is 30.2. The largest absolute Gasteiger partial charge is 0.469 e. The summed E-state index contributed by atoms with van der Waals surface area (Å²) < 4.78 is 13.7. The van der Waals surface area contributed by atoms with Crippen LogP contribution in [0.25, 0.3) is 15.0 Å². The first-order valence-corrected chi connectivity index (χ1v) is 22.7. The molecule has 1 unspecified atom stereocenters. The van der Waals surface area contributed by atoms with E-state index in [9.17, 15) is 19.2 Å². The highest BCUT2D eigenvalue weighted by Gasteiger charge is 2.54. The van der Waals surface area contributed by atoms with Crippen molar-refractivity contribution in [3.05, 3.63) is 145 Å². The number of hydrogen-bond acceptors (Lipinski definition) is 11. The van der Waals surface area contributed by atoms with Crippen LogP contribution < -0.4 is 16.1 Å². The van der Waals surface area contributed by atoms with Crippen molar-refractivity contribution < 1.29 is 23.9 Å². The number of fused-ring (bicyclic) bond motifs is 2. The quantitative estimate of drug-likeness (QED) is 0.0684. The number of ether oxygens (including phenoxy) is 2. The lowest BCUT2D eigenvalue weighted by molar-refractivity contribution is -0.145. The molecule has 2 atom stereocenters. The highest BCUT2D eigenvalue weighted by molar-refractivity contribution is 8.00. The topological polar surface area (TPSA) is 114 Å². The van der Waals surface area contributed by atoms with Gasteiger partial charge in [0, 0.05) is 44.5 Å². The molecule has 0 radical (unpaired) electrons. The van der Waals surface area contributed by atoms with Crippen molar-refractivity contribution >= 4 is 96.3 Å². The first-order chi connectivity index (χ1) is 27.5. The lowest BCUT2D eigenvalue weighted by Gasteiger charge is -2.50. The van der Waals surface area contributed by atoms with Gasteiger partial charge in [0.05, 0.1) is 11.1 Å². The number of nitrogens with one attached hydrogen (secondary N) is 2. The van der Waals surface area contributed by atoms with Crippen LogP contribution in [0.5, 0.6) is 0 Å². The van der Waals surface area contributed by atoms with Crippen LogP contribution in [-0.2, 0) is 31.2 Å². The van der Waals surface area contributed by atoms with Crippen molar-refractivity contribution in [3.63, 3.8) is 0 Å². The number of thiocarbonyl (C=S) groups is 1. The van der Waals surface area contributed by atoms with Gasteiger partial charge in [-0.25, -0.2) is 4.79 Å². The van der Waals surface area contributed by atoms with E-state index < -0.39 is 29.2 Å². The number of nitrogens with zero attached hydrogens (tertiary/aromatic N) is 1. The number of amides is 3. The number of benzene rings is 3. The summed E-state index contributed by atoms with van der Waals surface area (Å²) in [5.74, 6) is 0.792. The summed E-state index contributed by atoms with van der Waals surface area (Å²) in [4.78, 5) is 56.3. The number of β-lactam (4-membered cyclic amide) rings is 1. The molecule has 2 aliphatic heterocycles. The van der Waals surface area contributed by atoms with Crippen molar-refractivity contribution in [3.8, 4) is 0 Å². The molecule has 0 spiro atoms. The number of thiophene rings is 1. The van der Waals surface area contributed by atoms with Crippen LogP contribution in [0.2, 0.25) is 0 Å². The third kappa shape index (κ3) is 9.47. The standard InChI is InChI=1S/C43H41N3O6S5/c1-43(2,3)52-42(50)44-20-22-54-24-30-35(48)38-31(19-21-55-38)57-37(30)29-25-56-40-33(45-32(47)23-26-13-7-4-8-14-26)39(49)46(40)34(29)41(53)51-36(27-15-9-5-10-16-27)28-17-11-6-12-18-28/h4-19,21,33,36,40H,20,22-25H2,1-3H3,(H,44,50)(H,45,47)/t33?,40-/m1/s1. The van der Waals surface area contributed by atoms with Crippen LogP contribution in [-0.4, -0.2) is 62.9 Å². The number of carbonyl (C=O) groups is 3. The van der Waals surface area contributed by atoms with Gasteiger partial charge in [0.2, 0.25) is 16.4 Å². The minimum atomic E-state index is -0.754. The maximum atomic E-state index is 14.3. The molecule has 5 aromatic rings. The molecule has 4 heterocycles. The Balaban J connectivity index is 1.24. The van der Waals surface area contributed by atoms with E-state index in [-0.39, 0.29) is 28.7 Å². The Kier molecular flexibility index (Phi) is 12.8. The summed E-state index contributed by atoms with van der Waals surface area (Å²) in [5.41, 5.74) is 3.73. The van der Waals surface area contributed by atoms with Gasteiger partial charge in [0.15, 0.2) is 0 Å². The molecule has 14 heteroatoms. The molecule has 0 bridgehead atoms. The molecule has 0 saturated carbocycles. The fourth-order valence-electron chi connectivity index (χ4n) is 6.58. The van der Waals surface area contributed by atoms with Crippen LogP contribution in [0, 0.1) is 0 Å². The summed E-state index contributed by atoms with van der Waals surface area (Å²) in [7, 11) is 0. The second kappa shape index (κ2) is 18.0. The second-order valence-electron chi connectivity index (χ2n) is 14.4. The number of carbonyl (C=O) groups excluding carboxylic acids is 3. The zero-order valence-electron chi connectivity index (χ0n) is 31.5. The Hall–Kier alpha value is -4.47. The van der Waals surface area contributed by atoms with Gasteiger partial charge >= 0.3 is 6.09 Å². The Labute approximate surface area is 353 Å². The first-order valence-electron chi connectivity index (χ1n) is 18.4. The second-order valence-corrected chi connectivity index (χ2v) is 18.9. The summed E-state index contributed by atoms with van der Waals surface area (Å²) in [6.07, 6.45) is -0.924. The predicted octanol–water partition coefficient (Wildman–Crippen LogP) is 8.57. The Morgan fingerprint density at radius 3 is 2.25 bits per heavy atom. The van der Waals surface area contributed by atoms with Crippen molar-refractivity contribution in [2.75, 3.05) is 18.1 Å².